The standard InChI is InChI=1S/C26H26N4O3/c31-25-21(9-6-14-27-25)26(32)29-15-12-19(13-16-29)17-30-23-11-5-4-10-22(23)28-24(30)18-33-20-7-2-1-3-8-20/h1-11,14,19H,12-13,15-18H2,(H,27,31). The SMILES string of the molecule is O=C(c1ccc[nH]c1=O)N1CCC(Cn2c(COc3ccccc3)nc3ccccc32)CC1. The lowest BCUT2D eigenvalue weighted by Crippen LogP contribution is -2.41. The van der Waals surface area contributed by atoms with E-state index in [1.807, 2.05) is 48.5 Å². The van der Waals surface area contributed by atoms with Gasteiger partial charge in [-0.25, -0.2) is 4.98 Å². The number of likely N-dealkylation sites (tertiary alicyclic amines) is 1. The molecule has 0 atom stereocenters. The van der Waals surface area contributed by atoms with Gasteiger partial charge in [-0.2, -0.15) is 0 Å². The quantitative estimate of drug-likeness (QED) is 0.492. The van der Waals surface area contributed by atoms with Crippen molar-refractivity contribution in [2.45, 2.75) is 26.0 Å². The zero-order valence-electron chi connectivity index (χ0n) is 18.3. The van der Waals surface area contributed by atoms with Gasteiger partial charge in [0.25, 0.3) is 11.5 Å². The van der Waals surface area contributed by atoms with Crippen molar-refractivity contribution in [2.24, 2.45) is 5.92 Å². The third-order valence-electron chi connectivity index (χ3n) is 6.24. The number of benzene rings is 2. The molecule has 5 rings (SSSR count). The van der Waals surface area contributed by atoms with Gasteiger partial charge in [0.2, 0.25) is 0 Å². The fourth-order valence-corrected chi connectivity index (χ4v) is 4.44. The molecule has 0 spiro atoms. The number of amides is 1. The van der Waals surface area contributed by atoms with Crippen molar-refractivity contribution < 1.29 is 9.53 Å². The molecule has 33 heavy (non-hydrogen) atoms. The fraction of sp³-hybridized carbons (Fsp3) is 0.269. The highest BCUT2D eigenvalue weighted by Crippen LogP contribution is 2.25. The molecule has 0 aliphatic carbocycles. The second kappa shape index (κ2) is 9.32. The van der Waals surface area contributed by atoms with Crippen molar-refractivity contribution in [1.82, 2.24) is 19.4 Å². The van der Waals surface area contributed by atoms with Crippen LogP contribution in [0.1, 0.15) is 29.0 Å². The van der Waals surface area contributed by atoms with Crippen molar-refractivity contribution in [2.75, 3.05) is 13.1 Å². The number of H-pyrrole nitrogens is 1. The van der Waals surface area contributed by atoms with E-state index in [1.165, 1.54) is 0 Å². The maximum absolute atomic E-state index is 12.8. The number of rotatable bonds is 6. The van der Waals surface area contributed by atoms with Crippen molar-refractivity contribution in [1.29, 1.82) is 0 Å². The maximum Gasteiger partial charge on any atom is 0.260 e. The number of fused-ring (bicyclic) bond motifs is 1. The summed E-state index contributed by atoms with van der Waals surface area (Å²) in [6, 6.07) is 21.2. The lowest BCUT2D eigenvalue weighted by molar-refractivity contribution is 0.0680. The van der Waals surface area contributed by atoms with E-state index in [2.05, 4.69) is 15.6 Å². The monoisotopic (exact) mass is 442 g/mol. The summed E-state index contributed by atoms with van der Waals surface area (Å²) >= 11 is 0. The van der Waals surface area contributed by atoms with Gasteiger partial charge in [-0.3, -0.25) is 9.59 Å². The summed E-state index contributed by atoms with van der Waals surface area (Å²) in [6.07, 6.45) is 3.30. The Bertz CT molecular complexity index is 1300. The normalized spacial score (nSPS) is 14.5. The number of aromatic amines is 1. The summed E-state index contributed by atoms with van der Waals surface area (Å²) in [7, 11) is 0. The van der Waals surface area contributed by atoms with Crippen LogP contribution in [0.25, 0.3) is 11.0 Å². The number of carbonyl (C=O) groups excluding carboxylic acids is 1. The van der Waals surface area contributed by atoms with E-state index < -0.39 is 0 Å². The minimum Gasteiger partial charge on any atom is -0.486 e. The van der Waals surface area contributed by atoms with E-state index in [4.69, 9.17) is 9.72 Å². The Kier molecular flexibility index (Phi) is 5.93. The zero-order valence-corrected chi connectivity index (χ0v) is 18.3. The minimum absolute atomic E-state index is 0.194. The molecule has 1 N–H and O–H groups in total. The summed E-state index contributed by atoms with van der Waals surface area (Å²) in [5.41, 5.74) is 1.92. The van der Waals surface area contributed by atoms with Crippen LogP contribution in [0.5, 0.6) is 5.75 Å². The molecule has 1 aliphatic heterocycles. The highest BCUT2D eigenvalue weighted by molar-refractivity contribution is 5.93. The van der Waals surface area contributed by atoms with Crippen LogP contribution in [0.2, 0.25) is 0 Å². The zero-order chi connectivity index (χ0) is 22.6. The van der Waals surface area contributed by atoms with Gasteiger partial charge in [-0.15, -0.1) is 0 Å². The molecule has 0 radical (unpaired) electrons. The van der Waals surface area contributed by atoms with Crippen LogP contribution < -0.4 is 10.3 Å². The number of aromatic nitrogens is 3. The van der Waals surface area contributed by atoms with E-state index in [1.54, 1.807) is 23.2 Å². The number of carbonyl (C=O) groups is 1. The predicted molar refractivity (Wildman–Crippen MR) is 126 cm³/mol. The number of piperidine rings is 1. The molecule has 7 heteroatoms. The molecule has 1 amide bonds. The molecule has 168 valence electrons. The smallest absolute Gasteiger partial charge is 0.260 e. The third kappa shape index (κ3) is 4.53. The Labute approximate surface area is 191 Å². The largest absolute Gasteiger partial charge is 0.486 e. The highest BCUT2D eigenvalue weighted by atomic mass is 16.5. The molecular weight excluding hydrogens is 416 g/mol. The molecule has 3 heterocycles. The number of para-hydroxylation sites is 3. The van der Waals surface area contributed by atoms with Gasteiger partial charge in [-0.1, -0.05) is 30.3 Å². The number of hydrogen-bond acceptors (Lipinski definition) is 4. The van der Waals surface area contributed by atoms with Gasteiger partial charge < -0.3 is 19.2 Å². The Balaban J connectivity index is 1.29. The molecule has 1 saturated heterocycles. The summed E-state index contributed by atoms with van der Waals surface area (Å²) in [4.78, 5) is 33.9. The van der Waals surface area contributed by atoms with Gasteiger partial charge in [0.15, 0.2) is 0 Å². The van der Waals surface area contributed by atoms with Gasteiger partial charge in [0, 0.05) is 25.8 Å². The van der Waals surface area contributed by atoms with Gasteiger partial charge in [0.05, 0.1) is 11.0 Å². The number of nitrogens with one attached hydrogen (secondary N) is 1. The molecule has 2 aromatic heterocycles. The summed E-state index contributed by atoms with van der Waals surface area (Å²) < 4.78 is 8.24. The van der Waals surface area contributed by atoms with Crippen LogP contribution in [0.3, 0.4) is 0 Å². The summed E-state index contributed by atoms with van der Waals surface area (Å²) in [5.74, 6) is 1.93. The fourth-order valence-electron chi connectivity index (χ4n) is 4.44. The van der Waals surface area contributed by atoms with E-state index in [0.29, 0.717) is 25.6 Å². The van der Waals surface area contributed by atoms with Crippen molar-refractivity contribution >= 4 is 16.9 Å². The van der Waals surface area contributed by atoms with Crippen molar-refractivity contribution in [3.8, 4) is 5.75 Å². The first-order chi connectivity index (χ1) is 16.2. The predicted octanol–water partition coefficient (Wildman–Crippen LogP) is 3.86. The average Bonchev–Trinajstić information content (AvgIpc) is 3.21. The third-order valence-corrected chi connectivity index (χ3v) is 6.24. The number of nitrogens with zero attached hydrogens (tertiary/aromatic N) is 3. The first-order valence-electron chi connectivity index (χ1n) is 11.3. The van der Waals surface area contributed by atoms with Crippen LogP contribution in [-0.4, -0.2) is 38.4 Å². The molecule has 1 aliphatic rings. The Morgan fingerprint density at radius 1 is 1.00 bits per heavy atom. The Hall–Kier alpha value is -3.87. The minimum atomic E-state index is -0.336. The highest BCUT2D eigenvalue weighted by Gasteiger charge is 2.26. The van der Waals surface area contributed by atoms with Gasteiger partial charge in [-0.05, 0) is 55.2 Å². The lowest BCUT2D eigenvalue weighted by atomic mass is 9.96. The molecule has 0 bridgehead atoms. The number of imidazole rings is 1. The van der Waals surface area contributed by atoms with Crippen molar-refractivity contribution in [3.05, 3.63) is 94.7 Å². The van der Waals surface area contributed by atoms with Crippen LogP contribution in [0.4, 0.5) is 0 Å². The van der Waals surface area contributed by atoms with Crippen LogP contribution >= 0.6 is 0 Å². The summed E-state index contributed by atoms with van der Waals surface area (Å²) in [5, 5.41) is 0. The maximum atomic E-state index is 12.8. The van der Waals surface area contributed by atoms with E-state index >= 15 is 0 Å². The first-order valence-corrected chi connectivity index (χ1v) is 11.3. The summed E-state index contributed by atoms with van der Waals surface area (Å²) in [6.45, 7) is 2.50. The topological polar surface area (TPSA) is 80.2 Å². The second-order valence-corrected chi connectivity index (χ2v) is 8.38. The first kappa shape index (κ1) is 21.0. The molecule has 4 aromatic rings. The Morgan fingerprint density at radius 2 is 1.76 bits per heavy atom. The second-order valence-electron chi connectivity index (χ2n) is 8.38. The lowest BCUT2D eigenvalue weighted by Gasteiger charge is -2.32. The van der Waals surface area contributed by atoms with E-state index in [9.17, 15) is 9.59 Å². The van der Waals surface area contributed by atoms with E-state index in [0.717, 1.165) is 42.0 Å². The van der Waals surface area contributed by atoms with Crippen LogP contribution in [-0.2, 0) is 13.2 Å². The number of hydrogen-bond donors (Lipinski definition) is 1. The average molecular weight is 443 g/mol. The molecule has 1 fully saturated rings. The molecule has 0 unspecified atom stereocenters. The van der Waals surface area contributed by atoms with Crippen LogP contribution in [0.15, 0.2) is 77.7 Å². The van der Waals surface area contributed by atoms with Gasteiger partial charge in [0.1, 0.15) is 23.7 Å². The molecule has 2 aromatic carbocycles. The molecule has 7 nitrogen and oxygen atoms in total. The van der Waals surface area contributed by atoms with E-state index in [-0.39, 0.29) is 17.0 Å². The van der Waals surface area contributed by atoms with Gasteiger partial charge >= 0.3 is 0 Å². The number of pyridine rings is 1. The molecular formula is C26H26N4O3. The number of ether oxygens (including phenoxy) is 1. The molecule has 0 saturated carbocycles. The Morgan fingerprint density at radius 3 is 2.55 bits per heavy atom. The van der Waals surface area contributed by atoms with Crippen LogP contribution in [0, 0.1) is 5.92 Å². The van der Waals surface area contributed by atoms with Crippen molar-refractivity contribution in [3.63, 3.8) is 0 Å².